The van der Waals surface area contributed by atoms with Crippen LogP contribution in [0.5, 0.6) is 5.75 Å². The van der Waals surface area contributed by atoms with Crippen LogP contribution >= 0.6 is 0 Å². The van der Waals surface area contributed by atoms with Crippen molar-refractivity contribution in [1.29, 1.82) is 0 Å². The van der Waals surface area contributed by atoms with Crippen molar-refractivity contribution in [1.82, 2.24) is 10.1 Å². The molecule has 1 N–H and O–H groups in total. The van der Waals surface area contributed by atoms with E-state index in [1.807, 2.05) is 56.3 Å². The molecule has 0 aliphatic carbocycles. The average molecular weight is 382 g/mol. The van der Waals surface area contributed by atoms with E-state index in [1.165, 1.54) is 0 Å². The van der Waals surface area contributed by atoms with Crippen LogP contribution in [0.3, 0.4) is 0 Å². The lowest BCUT2D eigenvalue weighted by Crippen LogP contribution is -2.36. The van der Waals surface area contributed by atoms with Crippen LogP contribution < -0.4 is 15.0 Å². The quantitative estimate of drug-likeness (QED) is 0.703. The lowest BCUT2D eigenvalue weighted by atomic mass is 10.1. The predicted molar refractivity (Wildman–Crippen MR) is 110 cm³/mol. The lowest BCUT2D eigenvalue weighted by molar-refractivity contribution is 0.122. The molecule has 0 spiro atoms. The molecule has 1 aliphatic rings. The number of hydrogen-bond acceptors (Lipinski definition) is 7. The summed E-state index contributed by atoms with van der Waals surface area (Å²) in [5, 5.41) is 7.37. The zero-order valence-corrected chi connectivity index (χ0v) is 16.5. The Labute approximate surface area is 165 Å². The van der Waals surface area contributed by atoms with E-state index in [9.17, 15) is 0 Å². The Bertz CT molecular complexity index is 858. The van der Waals surface area contributed by atoms with Gasteiger partial charge in [-0.05, 0) is 30.3 Å². The van der Waals surface area contributed by atoms with Gasteiger partial charge in [-0.15, -0.1) is 0 Å². The molecule has 7 nitrogen and oxygen atoms in total. The van der Waals surface area contributed by atoms with Gasteiger partial charge in [0.1, 0.15) is 17.3 Å². The second-order valence-electron chi connectivity index (χ2n) is 5.93. The number of pyridine rings is 1. The molecule has 1 aromatic carbocycles. The SMILES string of the molecule is CC.COc1ccc(-c2cc(Nc3ccnc(N4CCOCC4)c3)on2)cc1. The zero-order valence-electron chi connectivity index (χ0n) is 16.5. The van der Waals surface area contributed by atoms with Crippen LogP contribution in [0.15, 0.2) is 53.2 Å². The van der Waals surface area contributed by atoms with E-state index in [2.05, 4.69) is 20.4 Å². The van der Waals surface area contributed by atoms with E-state index < -0.39 is 0 Å². The van der Waals surface area contributed by atoms with Crippen molar-refractivity contribution >= 4 is 17.4 Å². The fourth-order valence-corrected chi connectivity index (χ4v) is 2.84. The summed E-state index contributed by atoms with van der Waals surface area (Å²) in [6, 6.07) is 13.5. The third-order valence-electron chi connectivity index (χ3n) is 4.24. The average Bonchev–Trinajstić information content (AvgIpc) is 3.24. The number of morpholine rings is 1. The Kier molecular flexibility index (Phi) is 6.86. The topological polar surface area (TPSA) is 72.7 Å². The third kappa shape index (κ3) is 4.80. The van der Waals surface area contributed by atoms with Gasteiger partial charge in [-0.2, -0.15) is 0 Å². The van der Waals surface area contributed by atoms with Gasteiger partial charge in [0.15, 0.2) is 0 Å². The van der Waals surface area contributed by atoms with Gasteiger partial charge in [0.05, 0.1) is 20.3 Å². The van der Waals surface area contributed by atoms with E-state index in [-0.39, 0.29) is 0 Å². The maximum atomic E-state index is 5.42. The Morgan fingerprint density at radius 2 is 1.79 bits per heavy atom. The molecule has 148 valence electrons. The summed E-state index contributed by atoms with van der Waals surface area (Å²) in [6.45, 7) is 7.15. The lowest BCUT2D eigenvalue weighted by Gasteiger charge is -2.27. The number of hydrogen-bond donors (Lipinski definition) is 1. The molecule has 1 saturated heterocycles. The van der Waals surface area contributed by atoms with Crippen LogP contribution in [-0.2, 0) is 4.74 Å². The van der Waals surface area contributed by atoms with E-state index in [4.69, 9.17) is 14.0 Å². The first kappa shape index (κ1) is 19.7. The highest BCUT2D eigenvalue weighted by molar-refractivity contribution is 5.66. The fourth-order valence-electron chi connectivity index (χ4n) is 2.84. The Morgan fingerprint density at radius 3 is 2.50 bits per heavy atom. The Hall–Kier alpha value is -3.06. The minimum absolute atomic E-state index is 0.579. The van der Waals surface area contributed by atoms with Crippen LogP contribution in [0, 0.1) is 0 Å². The molecule has 4 rings (SSSR count). The van der Waals surface area contributed by atoms with Gasteiger partial charge in [0, 0.05) is 42.7 Å². The van der Waals surface area contributed by atoms with Gasteiger partial charge >= 0.3 is 0 Å². The molecule has 7 heteroatoms. The third-order valence-corrected chi connectivity index (χ3v) is 4.24. The van der Waals surface area contributed by atoms with Crippen molar-refractivity contribution in [3.05, 3.63) is 48.7 Å². The van der Waals surface area contributed by atoms with Crippen molar-refractivity contribution < 1.29 is 14.0 Å². The molecule has 0 atom stereocenters. The van der Waals surface area contributed by atoms with Gasteiger partial charge in [-0.3, -0.25) is 0 Å². The molecular formula is C21H26N4O3. The Morgan fingerprint density at radius 1 is 1.04 bits per heavy atom. The predicted octanol–water partition coefficient (Wildman–Crippen LogP) is 4.35. The van der Waals surface area contributed by atoms with Gasteiger partial charge in [-0.1, -0.05) is 19.0 Å². The summed E-state index contributed by atoms with van der Waals surface area (Å²) in [4.78, 5) is 6.65. The highest BCUT2D eigenvalue weighted by Crippen LogP contribution is 2.26. The van der Waals surface area contributed by atoms with Crippen LogP contribution in [0.1, 0.15) is 13.8 Å². The summed E-state index contributed by atoms with van der Waals surface area (Å²) >= 11 is 0. The smallest absolute Gasteiger partial charge is 0.229 e. The zero-order chi connectivity index (χ0) is 19.8. The summed E-state index contributed by atoms with van der Waals surface area (Å²) < 4.78 is 16.0. The molecular weight excluding hydrogens is 356 g/mol. The highest BCUT2D eigenvalue weighted by atomic mass is 16.5. The van der Waals surface area contributed by atoms with E-state index >= 15 is 0 Å². The van der Waals surface area contributed by atoms with Gasteiger partial charge in [0.25, 0.3) is 0 Å². The van der Waals surface area contributed by atoms with Crippen molar-refractivity contribution in [3.8, 4) is 17.0 Å². The molecule has 0 radical (unpaired) electrons. The number of methoxy groups -OCH3 is 1. The molecule has 1 aliphatic heterocycles. The Balaban J connectivity index is 0.00000109. The molecule has 2 aromatic heterocycles. The molecule has 0 saturated carbocycles. The first-order valence-electron chi connectivity index (χ1n) is 9.49. The number of rotatable bonds is 5. The minimum atomic E-state index is 0.579. The normalized spacial score (nSPS) is 13.5. The largest absolute Gasteiger partial charge is 0.497 e. The number of aromatic nitrogens is 2. The second kappa shape index (κ2) is 9.75. The van der Waals surface area contributed by atoms with Gasteiger partial charge in [0.2, 0.25) is 5.88 Å². The van der Waals surface area contributed by atoms with E-state index in [1.54, 1.807) is 13.3 Å². The minimum Gasteiger partial charge on any atom is -0.497 e. The fraction of sp³-hybridized carbons (Fsp3) is 0.333. The van der Waals surface area contributed by atoms with Crippen LogP contribution in [0.4, 0.5) is 17.4 Å². The second-order valence-corrected chi connectivity index (χ2v) is 5.93. The highest BCUT2D eigenvalue weighted by Gasteiger charge is 2.13. The monoisotopic (exact) mass is 382 g/mol. The maximum absolute atomic E-state index is 5.42. The number of nitrogens with zero attached hydrogens (tertiary/aromatic N) is 3. The molecule has 1 fully saturated rings. The summed E-state index contributed by atoms with van der Waals surface area (Å²) in [5.74, 6) is 2.31. The summed E-state index contributed by atoms with van der Waals surface area (Å²) in [6.07, 6.45) is 1.79. The number of ether oxygens (including phenoxy) is 2. The van der Waals surface area contributed by atoms with Gasteiger partial charge in [-0.25, -0.2) is 4.98 Å². The summed E-state index contributed by atoms with van der Waals surface area (Å²) in [7, 11) is 1.65. The number of nitrogens with one attached hydrogen (secondary N) is 1. The standard InChI is InChI=1S/C19H20N4O3.C2H6/c1-24-16-4-2-14(3-5-16)17-13-19(26-22-17)21-15-6-7-20-18(12-15)23-8-10-25-11-9-23;1-2/h2-7,12-13H,8-11H2,1H3,(H,20,21);1-2H3. The van der Waals surface area contributed by atoms with Crippen molar-refractivity contribution in [2.24, 2.45) is 0 Å². The van der Waals surface area contributed by atoms with Crippen molar-refractivity contribution in [2.45, 2.75) is 13.8 Å². The van der Waals surface area contributed by atoms with Crippen molar-refractivity contribution in [2.75, 3.05) is 43.6 Å². The molecule has 0 amide bonds. The molecule has 0 bridgehead atoms. The van der Waals surface area contributed by atoms with Crippen LogP contribution in [0.2, 0.25) is 0 Å². The molecule has 3 aromatic rings. The van der Waals surface area contributed by atoms with Crippen LogP contribution in [-0.4, -0.2) is 43.6 Å². The maximum Gasteiger partial charge on any atom is 0.229 e. The first-order valence-corrected chi connectivity index (χ1v) is 9.49. The van der Waals surface area contributed by atoms with Gasteiger partial charge < -0.3 is 24.2 Å². The molecule has 0 unspecified atom stereocenters. The number of anilines is 3. The first-order chi connectivity index (χ1) is 13.8. The molecule has 28 heavy (non-hydrogen) atoms. The van der Waals surface area contributed by atoms with E-state index in [0.29, 0.717) is 5.88 Å². The van der Waals surface area contributed by atoms with Crippen LogP contribution in [0.25, 0.3) is 11.3 Å². The number of benzene rings is 1. The molecule has 3 heterocycles. The van der Waals surface area contributed by atoms with Crippen molar-refractivity contribution in [3.63, 3.8) is 0 Å². The summed E-state index contributed by atoms with van der Waals surface area (Å²) in [5.41, 5.74) is 2.63. The van der Waals surface area contributed by atoms with E-state index in [0.717, 1.165) is 54.8 Å².